The first-order chi connectivity index (χ1) is 8.88. The number of hydrogen-bond acceptors (Lipinski definition) is 2. The minimum absolute atomic E-state index is 0.895. The lowest BCUT2D eigenvalue weighted by Crippen LogP contribution is -2.37. The summed E-state index contributed by atoms with van der Waals surface area (Å²) in [5.41, 5.74) is 4.61. The van der Waals surface area contributed by atoms with E-state index < -0.39 is 0 Å². The third-order valence-corrected chi connectivity index (χ3v) is 4.56. The van der Waals surface area contributed by atoms with Gasteiger partial charge in [0.1, 0.15) is 0 Å². The van der Waals surface area contributed by atoms with E-state index in [0.29, 0.717) is 0 Å². The molecule has 1 saturated heterocycles. The maximum absolute atomic E-state index is 3.52. The molecule has 2 aliphatic rings. The Morgan fingerprint density at radius 1 is 1.39 bits per heavy atom. The Bertz CT molecular complexity index is 414. The van der Waals surface area contributed by atoms with Crippen molar-refractivity contribution in [3.63, 3.8) is 0 Å². The van der Waals surface area contributed by atoms with Gasteiger partial charge in [-0.3, -0.25) is 0 Å². The first kappa shape index (κ1) is 12.0. The normalized spacial score (nSPS) is 23.8. The molecule has 1 unspecified atom stereocenters. The molecule has 0 spiro atoms. The van der Waals surface area contributed by atoms with Crippen molar-refractivity contribution in [2.75, 3.05) is 24.5 Å². The molecule has 1 aromatic carbocycles. The highest BCUT2D eigenvalue weighted by Gasteiger charge is 2.22. The molecule has 0 amide bonds. The molecule has 1 atom stereocenters. The Hall–Kier alpha value is -1.02. The molecule has 0 saturated carbocycles. The second-order valence-corrected chi connectivity index (χ2v) is 5.70. The summed E-state index contributed by atoms with van der Waals surface area (Å²) < 4.78 is 0. The summed E-state index contributed by atoms with van der Waals surface area (Å²) >= 11 is 0. The van der Waals surface area contributed by atoms with E-state index in [0.717, 1.165) is 19.0 Å². The lowest BCUT2D eigenvalue weighted by atomic mass is 9.93. The molecule has 0 bridgehead atoms. The van der Waals surface area contributed by atoms with Crippen molar-refractivity contribution in [1.29, 1.82) is 0 Å². The van der Waals surface area contributed by atoms with Gasteiger partial charge in [0, 0.05) is 25.3 Å². The van der Waals surface area contributed by atoms with Gasteiger partial charge in [-0.05, 0) is 48.9 Å². The first-order valence-corrected chi connectivity index (χ1v) is 7.45. The number of fused-ring (bicyclic) bond motifs is 1. The van der Waals surface area contributed by atoms with Crippen LogP contribution < -0.4 is 10.2 Å². The predicted molar refractivity (Wildman–Crippen MR) is 77.1 cm³/mol. The van der Waals surface area contributed by atoms with Crippen molar-refractivity contribution in [1.82, 2.24) is 5.32 Å². The molecule has 2 heterocycles. The van der Waals surface area contributed by atoms with Gasteiger partial charge in [-0.1, -0.05) is 25.5 Å². The fourth-order valence-corrected chi connectivity index (χ4v) is 3.41. The van der Waals surface area contributed by atoms with E-state index in [1.165, 1.54) is 44.5 Å². The number of nitrogens with one attached hydrogen (secondary N) is 1. The summed E-state index contributed by atoms with van der Waals surface area (Å²) in [6, 6.07) is 6.87. The Kier molecular flexibility index (Phi) is 3.55. The van der Waals surface area contributed by atoms with Gasteiger partial charge in [-0.2, -0.15) is 0 Å². The fraction of sp³-hybridized carbons (Fsp3) is 0.625. The summed E-state index contributed by atoms with van der Waals surface area (Å²) in [5.74, 6) is 0.895. The predicted octanol–water partition coefficient (Wildman–Crippen LogP) is 2.96. The average Bonchev–Trinajstić information content (AvgIpc) is 2.47. The van der Waals surface area contributed by atoms with Crippen LogP contribution in [-0.2, 0) is 13.0 Å². The average molecular weight is 244 g/mol. The molecule has 2 nitrogen and oxygen atoms in total. The zero-order valence-corrected chi connectivity index (χ0v) is 11.4. The third-order valence-electron chi connectivity index (χ3n) is 4.56. The van der Waals surface area contributed by atoms with E-state index >= 15 is 0 Å². The van der Waals surface area contributed by atoms with Gasteiger partial charge in [0.15, 0.2) is 0 Å². The van der Waals surface area contributed by atoms with Crippen molar-refractivity contribution < 1.29 is 0 Å². The van der Waals surface area contributed by atoms with Crippen LogP contribution in [0.25, 0.3) is 0 Å². The molecule has 2 heteroatoms. The van der Waals surface area contributed by atoms with Crippen LogP contribution in [0.15, 0.2) is 18.2 Å². The highest BCUT2D eigenvalue weighted by atomic mass is 15.1. The standard InChI is InChI=1S/C16H24N2/c1-2-13-5-4-10-18(12-13)16-7-3-6-14-8-9-17-11-15(14)16/h3,6-7,13,17H,2,4-5,8-12H2,1H3. The monoisotopic (exact) mass is 244 g/mol. The van der Waals surface area contributed by atoms with Crippen molar-refractivity contribution in [3.8, 4) is 0 Å². The minimum atomic E-state index is 0.895. The summed E-state index contributed by atoms with van der Waals surface area (Å²) in [6.07, 6.45) is 5.29. The van der Waals surface area contributed by atoms with Crippen molar-refractivity contribution in [2.45, 2.75) is 39.2 Å². The third kappa shape index (κ3) is 2.26. The van der Waals surface area contributed by atoms with Gasteiger partial charge in [-0.25, -0.2) is 0 Å². The maximum atomic E-state index is 3.52. The van der Waals surface area contributed by atoms with E-state index in [-0.39, 0.29) is 0 Å². The Morgan fingerprint density at radius 2 is 2.33 bits per heavy atom. The Morgan fingerprint density at radius 3 is 3.22 bits per heavy atom. The van der Waals surface area contributed by atoms with E-state index in [9.17, 15) is 0 Å². The van der Waals surface area contributed by atoms with Gasteiger partial charge in [-0.15, -0.1) is 0 Å². The van der Waals surface area contributed by atoms with Gasteiger partial charge >= 0.3 is 0 Å². The first-order valence-electron chi connectivity index (χ1n) is 7.45. The van der Waals surface area contributed by atoms with Crippen LogP contribution in [0.3, 0.4) is 0 Å². The van der Waals surface area contributed by atoms with Gasteiger partial charge in [0.25, 0.3) is 0 Å². The summed E-state index contributed by atoms with van der Waals surface area (Å²) in [5, 5.41) is 3.52. The van der Waals surface area contributed by atoms with Crippen LogP contribution in [0.2, 0.25) is 0 Å². The van der Waals surface area contributed by atoms with E-state index in [4.69, 9.17) is 0 Å². The molecule has 0 radical (unpaired) electrons. The molecular formula is C16H24N2. The van der Waals surface area contributed by atoms with E-state index in [2.05, 4.69) is 35.3 Å². The molecule has 1 aromatic rings. The van der Waals surface area contributed by atoms with Crippen molar-refractivity contribution >= 4 is 5.69 Å². The highest BCUT2D eigenvalue weighted by Crippen LogP contribution is 2.30. The number of hydrogen-bond donors (Lipinski definition) is 1. The number of nitrogens with zero attached hydrogens (tertiary/aromatic N) is 1. The van der Waals surface area contributed by atoms with Crippen molar-refractivity contribution in [2.24, 2.45) is 5.92 Å². The fourth-order valence-electron chi connectivity index (χ4n) is 3.41. The maximum Gasteiger partial charge on any atom is 0.0414 e. The van der Waals surface area contributed by atoms with E-state index in [1.807, 2.05) is 0 Å². The van der Waals surface area contributed by atoms with Gasteiger partial charge in [0.2, 0.25) is 0 Å². The molecule has 1 fully saturated rings. The highest BCUT2D eigenvalue weighted by molar-refractivity contribution is 5.58. The number of benzene rings is 1. The SMILES string of the molecule is CCC1CCCN(c2cccc3c2CNCC3)C1. The summed E-state index contributed by atoms with van der Waals surface area (Å²) in [7, 11) is 0. The molecule has 18 heavy (non-hydrogen) atoms. The lowest BCUT2D eigenvalue weighted by Gasteiger charge is -2.36. The molecular weight excluding hydrogens is 220 g/mol. The van der Waals surface area contributed by atoms with Crippen LogP contribution in [0.4, 0.5) is 5.69 Å². The largest absolute Gasteiger partial charge is 0.371 e. The van der Waals surface area contributed by atoms with Crippen LogP contribution in [0, 0.1) is 5.92 Å². The number of anilines is 1. The van der Waals surface area contributed by atoms with E-state index in [1.54, 1.807) is 11.1 Å². The second kappa shape index (κ2) is 5.31. The van der Waals surface area contributed by atoms with Crippen LogP contribution in [0.5, 0.6) is 0 Å². The molecule has 3 rings (SSSR count). The number of piperidine rings is 1. The van der Waals surface area contributed by atoms with Crippen molar-refractivity contribution in [3.05, 3.63) is 29.3 Å². The molecule has 0 aromatic heterocycles. The molecule has 1 N–H and O–H groups in total. The topological polar surface area (TPSA) is 15.3 Å². The van der Waals surface area contributed by atoms with Crippen LogP contribution in [-0.4, -0.2) is 19.6 Å². The molecule has 0 aliphatic carbocycles. The zero-order chi connectivity index (χ0) is 12.4. The minimum Gasteiger partial charge on any atom is -0.371 e. The molecule has 98 valence electrons. The quantitative estimate of drug-likeness (QED) is 0.860. The zero-order valence-electron chi connectivity index (χ0n) is 11.4. The van der Waals surface area contributed by atoms with Crippen LogP contribution >= 0.6 is 0 Å². The Balaban J connectivity index is 1.87. The second-order valence-electron chi connectivity index (χ2n) is 5.70. The smallest absolute Gasteiger partial charge is 0.0414 e. The van der Waals surface area contributed by atoms with Gasteiger partial charge in [0.05, 0.1) is 0 Å². The Labute approximate surface area is 110 Å². The summed E-state index contributed by atoms with van der Waals surface area (Å²) in [6.45, 7) is 7.02. The number of rotatable bonds is 2. The van der Waals surface area contributed by atoms with Gasteiger partial charge < -0.3 is 10.2 Å². The molecule has 2 aliphatic heterocycles. The summed E-state index contributed by atoms with van der Waals surface area (Å²) in [4.78, 5) is 2.63. The lowest BCUT2D eigenvalue weighted by molar-refractivity contribution is 0.404. The van der Waals surface area contributed by atoms with Crippen LogP contribution in [0.1, 0.15) is 37.3 Å².